The van der Waals surface area contributed by atoms with Crippen LogP contribution in [0.25, 0.3) is 0 Å². The fraction of sp³-hybridized carbons (Fsp3) is 0.440. The normalized spacial score (nSPS) is 22.4. The van der Waals surface area contributed by atoms with E-state index in [4.69, 9.17) is 11.6 Å². The Balaban J connectivity index is 1.34. The van der Waals surface area contributed by atoms with Crippen molar-refractivity contribution in [1.29, 1.82) is 0 Å². The summed E-state index contributed by atoms with van der Waals surface area (Å²) in [5.74, 6) is 0.143. The van der Waals surface area contributed by atoms with Crippen molar-refractivity contribution < 1.29 is 18.4 Å². The summed E-state index contributed by atoms with van der Waals surface area (Å²) < 4.78 is 27.4. The molecule has 7 heteroatoms. The lowest BCUT2D eigenvalue weighted by atomic mass is 9.85. The molecule has 0 radical (unpaired) electrons. The summed E-state index contributed by atoms with van der Waals surface area (Å²) in [6.45, 7) is 0.662. The third kappa shape index (κ3) is 4.65. The van der Waals surface area contributed by atoms with Gasteiger partial charge in [-0.2, -0.15) is 0 Å². The average Bonchev–Trinajstić information content (AvgIpc) is 3.10. The van der Waals surface area contributed by atoms with E-state index in [1.165, 1.54) is 18.2 Å². The SMILES string of the molecule is CC(F)(CF)c1ccc(Cl)c(C(=O)NC2CCC(CN3C(=O)Cc4ccccc43)CC2)c1. The molecule has 1 fully saturated rings. The molecule has 1 heterocycles. The Morgan fingerprint density at radius 1 is 1.19 bits per heavy atom. The molecule has 0 spiro atoms. The maximum atomic E-state index is 14.3. The second-order valence-corrected chi connectivity index (χ2v) is 9.43. The van der Waals surface area contributed by atoms with Gasteiger partial charge < -0.3 is 10.2 Å². The van der Waals surface area contributed by atoms with Gasteiger partial charge in [-0.1, -0.05) is 35.9 Å². The number of nitrogens with zero attached hydrogens (tertiary/aromatic N) is 1. The highest BCUT2D eigenvalue weighted by Gasteiger charge is 2.32. The van der Waals surface area contributed by atoms with Gasteiger partial charge in [0.1, 0.15) is 6.67 Å². The van der Waals surface area contributed by atoms with Gasteiger partial charge in [-0.05, 0) is 67.9 Å². The molecular weight excluding hydrogens is 434 g/mol. The monoisotopic (exact) mass is 460 g/mol. The van der Waals surface area contributed by atoms with Gasteiger partial charge >= 0.3 is 0 Å². The highest BCUT2D eigenvalue weighted by atomic mass is 35.5. The highest BCUT2D eigenvalue weighted by molar-refractivity contribution is 6.33. The number of benzene rings is 2. The summed E-state index contributed by atoms with van der Waals surface area (Å²) in [5, 5.41) is 3.20. The van der Waals surface area contributed by atoms with Crippen LogP contribution in [0.3, 0.4) is 0 Å². The van der Waals surface area contributed by atoms with Gasteiger partial charge in [0.2, 0.25) is 5.91 Å². The summed E-state index contributed by atoms with van der Waals surface area (Å²) in [6, 6.07) is 12.1. The number of nitrogens with one attached hydrogen (secondary N) is 1. The lowest BCUT2D eigenvalue weighted by Gasteiger charge is -2.32. The lowest BCUT2D eigenvalue weighted by molar-refractivity contribution is -0.117. The van der Waals surface area contributed by atoms with Crippen LogP contribution in [-0.4, -0.2) is 31.1 Å². The van der Waals surface area contributed by atoms with E-state index in [1.807, 2.05) is 29.2 Å². The second-order valence-electron chi connectivity index (χ2n) is 9.03. The van der Waals surface area contributed by atoms with E-state index in [0.29, 0.717) is 18.9 Å². The summed E-state index contributed by atoms with van der Waals surface area (Å²) >= 11 is 6.16. The Morgan fingerprint density at radius 3 is 2.62 bits per heavy atom. The number of amides is 2. The quantitative estimate of drug-likeness (QED) is 0.629. The van der Waals surface area contributed by atoms with E-state index >= 15 is 0 Å². The predicted molar refractivity (Wildman–Crippen MR) is 122 cm³/mol. The first-order valence-electron chi connectivity index (χ1n) is 11.0. The molecule has 1 saturated carbocycles. The van der Waals surface area contributed by atoms with Crippen molar-refractivity contribution >= 4 is 29.1 Å². The predicted octanol–water partition coefficient (Wildman–Crippen LogP) is 5.37. The molecule has 2 aromatic carbocycles. The molecule has 1 aliphatic carbocycles. The van der Waals surface area contributed by atoms with Crippen LogP contribution in [0, 0.1) is 5.92 Å². The minimum atomic E-state index is -2.16. The molecule has 4 nitrogen and oxygen atoms in total. The lowest BCUT2D eigenvalue weighted by Crippen LogP contribution is -2.40. The van der Waals surface area contributed by atoms with Crippen LogP contribution in [0.5, 0.6) is 0 Å². The van der Waals surface area contributed by atoms with Crippen LogP contribution in [0.2, 0.25) is 5.02 Å². The first-order valence-corrected chi connectivity index (χ1v) is 11.4. The first kappa shape index (κ1) is 22.7. The van der Waals surface area contributed by atoms with Gasteiger partial charge in [0, 0.05) is 18.3 Å². The third-order valence-electron chi connectivity index (χ3n) is 6.61. The van der Waals surface area contributed by atoms with E-state index in [1.54, 1.807) is 0 Å². The number of hydrogen-bond donors (Lipinski definition) is 1. The highest BCUT2D eigenvalue weighted by Crippen LogP contribution is 2.33. The Hall–Kier alpha value is -2.47. The van der Waals surface area contributed by atoms with Crippen molar-refractivity contribution in [3.63, 3.8) is 0 Å². The Morgan fingerprint density at radius 2 is 1.91 bits per heavy atom. The van der Waals surface area contributed by atoms with Crippen LogP contribution in [-0.2, 0) is 16.9 Å². The van der Waals surface area contributed by atoms with E-state index in [2.05, 4.69) is 5.32 Å². The molecule has 32 heavy (non-hydrogen) atoms. The van der Waals surface area contributed by atoms with Crippen LogP contribution < -0.4 is 10.2 Å². The van der Waals surface area contributed by atoms with Crippen molar-refractivity contribution in [2.24, 2.45) is 5.92 Å². The largest absolute Gasteiger partial charge is 0.349 e. The molecule has 2 amide bonds. The molecule has 2 aromatic rings. The van der Waals surface area contributed by atoms with E-state index in [0.717, 1.165) is 43.9 Å². The summed E-state index contributed by atoms with van der Waals surface area (Å²) in [4.78, 5) is 27.1. The topological polar surface area (TPSA) is 49.4 Å². The van der Waals surface area contributed by atoms with Gasteiger partial charge in [0.25, 0.3) is 5.91 Å². The van der Waals surface area contributed by atoms with E-state index in [-0.39, 0.29) is 34.0 Å². The summed E-state index contributed by atoms with van der Waals surface area (Å²) in [5.41, 5.74) is 0.172. The van der Waals surface area contributed by atoms with Gasteiger partial charge in [0.15, 0.2) is 5.67 Å². The fourth-order valence-corrected chi connectivity index (χ4v) is 4.83. The number of halogens is 3. The number of hydrogen-bond acceptors (Lipinski definition) is 2. The van der Waals surface area contributed by atoms with Gasteiger partial charge in [-0.3, -0.25) is 9.59 Å². The van der Waals surface area contributed by atoms with Crippen molar-refractivity contribution in [1.82, 2.24) is 5.32 Å². The molecule has 4 rings (SSSR count). The zero-order valence-electron chi connectivity index (χ0n) is 18.0. The van der Waals surface area contributed by atoms with Crippen molar-refractivity contribution in [2.75, 3.05) is 18.1 Å². The maximum absolute atomic E-state index is 14.3. The molecule has 0 saturated heterocycles. The molecule has 1 atom stereocenters. The number of rotatable bonds is 6. The van der Waals surface area contributed by atoms with Gasteiger partial charge in [0.05, 0.1) is 17.0 Å². The Kier molecular flexibility index (Phi) is 6.52. The number of fused-ring (bicyclic) bond motifs is 1. The number of carbonyl (C=O) groups excluding carboxylic acids is 2. The standard InChI is InChI=1S/C25H27ClF2N2O2/c1-25(28,15-27)18-8-11-21(26)20(13-18)24(32)29-19-9-6-16(7-10-19)14-30-22-5-3-2-4-17(22)12-23(30)31/h2-5,8,11,13,16,19H,6-7,9-10,12,14-15H2,1H3,(H,29,32). The summed E-state index contributed by atoms with van der Waals surface area (Å²) in [6.07, 6.45) is 3.84. The average molecular weight is 461 g/mol. The number of anilines is 1. The zero-order chi connectivity index (χ0) is 22.9. The first-order chi connectivity index (χ1) is 15.3. The molecule has 170 valence electrons. The smallest absolute Gasteiger partial charge is 0.253 e. The molecule has 1 N–H and O–H groups in total. The Labute approximate surface area is 191 Å². The molecule has 0 bridgehead atoms. The molecule has 1 aliphatic heterocycles. The van der Waals surface area contributed by atoms with Crippen molar-refractivity contribution in [3.05, 3.63) is 64.2 Å². The van der Waals surface area contributed by atoms with Crippen molar-refractivity contribution in [3.8, 4) is 0 Å². The second kappa shape index (κ2) is 9.18. The van der Waals surface area contributed by atoms with E-state index in [9.17, 15) is 18.4 Å². The van der Waals surface area contributed by atoms with Crippen LogP contribution in [0.4, 0.5) is 14.5 Å². The molecule has 0 aromatic heterocycles. The van der Waals surface area contributed by atoms with Crippen LogP contribution in [0.15, 0.2) is 42.5 Å². The maximum Gasteiger partial charge on any atom is 0.253 e. The molecule has 2 aliphatic rings. The minimum absolute atomic E-state index is 0.0158. The minimum Gasteiger partial charge on any atom is -0.349 e. The molecular formula is C25H27ClF2N2O2. The number of alkyl halides is 2. The van der Waals surface area contributed by atoms with Crippen molar-refractivity contribution in [2.45, 2.75) is 50.7 Å². The van der Waals surface area contributed by atoms with E-state index < -0.39 is 12.3 Å². The van der Waals surface area contributed by atoms with Crippen LogP contribution in [0.1, 0.15) is 54.1 Å². The molecule has 1 unspecified atom stereocenters. The summed E-state index contributed by atoms with van der Waals surface area (Å²) in [7, 11) is 0. The third-order valence-corrected chi connectivity index (χ3v) is 6.94. The van der Waals surface area contributed by atoms with Gasteiger partial charge in [-0.15, -0.1) is 0 Å². The van der Waals surface area contributed by atoms with Crippen LogP contribution >= 0.6 is 11.6 Å². The van der Waals surface area contributed by atoms with Gasteiger partial charge in [-0.25, -0.2) is 8.78 Å². The Bertz CT molecular complexity index is 1020. The fourth-order valence-electron chi connectivity index (χ4n) is 4.63. The zero-order valence-corrected chi connectivity index (χ0v) is 18.8. The number of carbonyl (C=O) groups is 2. The number of para-hydroxylation sites is 1.